The lowest BCUT2D eigenvalue weighted by molar-refractivity contribution is -0.140. The third kappa shape index (κ3) is 5.14. The molecule has 1 amide bonds. The molecular formula is C12H22N2O5. The molecule has 0 aromatic heterocycles. The molecule has 0 spiro atoms. The number of aliphatic carboxylic acids is 1. The maximum atomic E-state index is 12.0. The van der Waals surface area contributed by atoms with Gasteiger partial charge in [0.15, 0.2) is 0 Å². The molecule has 3 N–H and O–H groups in total. The summed E-state index contributed by atoms with van der Waals surface area (Å²) in [4.78, 5) is 22.6. The number of ether oxygens (including phenoxy) is 2. The van der Waals surface area contributed by atoms with E-state index in [4.69, 9.17) is 14.6 Å². The van der Waals surface area contributed by atoms with Crippen molar-refractivity contribution in [3.05, 3.63) is 0 Å². The lowest BCUT2D eigenvalue weighted by atomic mass is 10.0. The van der Waals surface area contributed by atoms with Gasteiger partial charge >= 0.3 is 5.97 Å². The summed E-state index contributed by atoms with van der Waals surface area (Å²) in [6.07, 6.45) is -0.643. The SMILES string of the molecule is CCNC1COCC1C(=O)NCC(CC(=O)O)OC. The molecule has 0 aromatic carbocycles. The van der Waals surface area contributed by atoms with Crippen LogP contribution in [0, 0.1) is 5.92 Å². The van der Waals surface area contributed by atoms with Crippen LogP contribution in [-0.2, 0) is 19.1 Å². The maximum Gasteiger partial charge on any atom is 0.306 e. The van der Waals surface area contributed by atoms with E-state index in [1.165, 1.54) is 7.11 Å². The zero-order valence-corrected chi connectivity index (χ0v) is 11.3. The van der Waals surface area contributed by atoms with E-state index < -0.39 is 12.1 Å². The van der Waals surface area contributed by atoms with Crippen molar-refractivity contribution in [1.82, 2.24) is 10.6 Å². The quantitative estimate of drug-likeness (QED) is 0.537. The van der Waals surface area contributed by atoms with Gasteiger partial charge in [0.1, 0.15) is 0 Å². The van der Waals surface area contributed by atoms with Crippen LogP contribution in [0.5, 0.6) is 0 Å². The second kappa shape index (κ2) is 8.08. The van der Waals surface area contributed by atoms with Crippen molar-refractivity contribution in [3.8, 4) is 0 Å². The summed E-state index contributed by atoms with van der Waals surface area (Å²) >= 11 is 0. The van der Waals surface area contributed by atoms with Crippen molar-refractivity contribution in [2.45, 2.75) is 25.5 Å². The second-order valence-corrected chi connectivity index (χ2v) is 4.51. The van der Waals surface area contributed by atoms with Gasteiger partial charge < -0.3 is 25.2 Å². The molecule has 1 fully saturated rings. The molecule has 3 atom stereocenters. The van der Waals surface area contributed by atoms with Crippen LogP contribution in [0.15, 0.2) is 0 Å². The van der Waals surface area contributed by atoms with Crippen molar-refractivity contribution < 1.29 is 24.2 Å². The number of carboxylic acids is 1. The van der Waals surface area contributed by atoms with E-state index in [1.807, 2.05) is 6.92 Å². The Morgan fingerprint density at radius 3 is 2.79 bits per heavy atom. The van der Waals surface area contributed by atoms with Crippen molar-refractivity contribution in [1.29, 1.82) is 0 Å². The fourth-order valence-electron chi connectivity index (χ4n) is 2.06. The van der Waals surface area contributed by atoms with Crippen molar-refractivity contribution in [2.75, 3.05) is 33.4 Å². The highest BCUT2D eigenvalue weighted by Gasteiger charge is 2.33. The Kier molecular flexibility index (Phi) is 6.75. The van der Waals surface area contributed by atoms with Gasteiger partial charge in [-0.2, -0.15) is 0 Å². The molecule has 19 heavy (non-hydrogen) atoms. The molecule has 3 unspecified atom stereocenters. The third-order valence-corrected chi connectivity index (χ3v) is 3.12. The summed E-state index contributed by atoms with van der Waals surface area (Å²) in [5, 5.41) is 14.6. The number of rotatable bonds is 8. The summed E-state index contributed by atoms with van der Waals surface area (Å²) in [5.41, 5.74) is 0. The Morgan fingerprint density at radius 2 is 2.21 bits per heavy atom. The normalized spacial score (nSPS) is 24.1. The predicted molar refractivity (Wildman–Crippen MR) is 67.8 cm³/mol. The van der Waals surface area contributed by atoms with E-state index in [1.54, 1.807) is 0 Å². The summed E-state index contributed by atoms with van der Waals surface area (Å²) in [7, 11) is 1.43. The molecule has 0 aromatic rings. The summed E-state index contributed by atoms with van der Waals surface area (Å²) < 4.78 is 10.3. The second-order valence-electron chi connectivity index (χ2n) is 4.51. The number of carboxylic acid groups (broad SMARTS) is 1. The van der Waals surface area contributed by atoms with Gasteiger partial charge in [0, 0.05) is 19.7 Å². The highest BCUT2D eigenvalue weighted by Crippen LogP contribution is 2.13. The van der Waals surface area contributed by atoms with Gasteiger partial charge in [0.05, 0.1) is 31.7 Å². The van der Waals surface area contributed by atoms with E-state index >= 15 is 0 Å². The lowest BCUT2D eigenvalue weighted by Crippen LogP contribution is -2.45. The van der Waals surface area contributed by atoms with E-state index in [9.17, 15) is 9.59 Å². The number of nitrogens with one attached hydrogen (secondary N) is 2. The van der Waals surface area contributed by atoms with Gasteiger partial charge in [0.25, 0.3) is 0 Å². The Hall–Kier alpha value is -1.18. The van der Waals surface area contributed by atoms with Crippen LogP contribution < -0.4 is 10.6 Å². The first-order valence-electron chi connectivity index (χ1n) is 6.41. The molecule has 110 valence electrons. The lowest BCUT2D eigenvalue weighted by Gasteiger charge is -2.19. The fraction of sp³-hybridized carbons (Fsp3) is 0.833. The van der Waals surface area contributed by atoms with Crippen LogP contribution in [0.2, 0.25) is 0 Å². The van der Waals surface area contributed by atoms with Crippen molar-refractivity contribution in [3.63, 3.8) is 0 Å². The van der Waals surface area contributed by atoms with Crippen LogP contribution >= 0.6 is 0 Å². The largest absolute Gasteiger partial charge is 0.481 e. The van der Waals surface area contributed by atoms with Crippen molar-refractivity contribution >= 4 is 11.9 Å². The van der Waals surface area contributed by atoms with Crippen molar-refractivity contribution in [2.24, 2.45) is 5.92 Å². The first-order valence-corrected chi connectivity index (χ1v) is 6.41. The highest BCUT2D eigenvalue weighted by atomic mass is 16.5. The molecule has 1 saturated heterocycles. The van der Waals surface area contributed by atoms with Gasteiger partial charge in [0.2, 0.25) is 5.91 Å². The van der Waals surface area contributed by atoms with Gasteiger partial charge in [-0.25, -0.2) is 0 Å². The minimum absolute atomic E-state index is 0.0190. The molecule has 1 rings (SSSR count). The van der Waals surface area contributed by atoms with E-state index in [0.717, 1.165) is 6.54 Å². The molecule has 7 nitrogen and oxygen atoms in total. The third-order valence-electron chi connectivity index (χ3n) is 3.12. The molecule has 7 heteroatoms. The molecule has 0 saturated carbocycles. The van der Waals surface area contributed by atoms with Gasteiger partial charge in [-0.05, 0) is 6.54 Å². The van der Waals surface area contributed by atoms with Crippen LogP contribution in [0.1, 0.15) is 13.3 Å². The monoisotopic (exact) mass is 274 g/mol. The summed E-state index contributed by atoms with van der Waals surface area (Å²) in [6, 6.07) is 0.0190. The Labute approximate surface area is 112 Å². The molecule has 1 heterocycles. The molecule has 1 aliphatic rings. The van der Waals surface area contributed by atoms with Gasteiger partial charge in [-0.15, -0.1) is 0 Å². The molecular weight excluding hydrogens is 252 g/mol. The topological polar surface area (TPSA) is 96.9 Å². The molecule has 0 bridgehead atoms. The Bertz CT molecular complexity index is 310. The molecule has 0 aliphatic carbocycles. The summed E-state index contributed by atoms with van der Waals surface area (Å²) in [5.74, 6) is -1.31. The van der Waals surface area contributed by atoms with Crippen LogP contribution in [0.25, 0.3) is 0 Å². The van der Waals surface area contributed by atoms with Gasteiger partial charge in [-0.1, -0.05) is 6.92 Å². The zero-order chi connectivity index (χ0) is 14.3. The van der Waals surface area contributed by atoms with Crippen LogP contribution in [0.4, 0.5) is 0 Å². The molecule has 0 radical (unpaired) electrons. The number of carbonyl (C=O) groups is 2. The summed E-state index contributed by atoms with van der Waals surface area (Å²) in [6.45, 7) is 3.85. The number of carbonyl (C=O) groups excluding carboxylic acids is 1. The minimum Gasteiger partial charge on any atom is -0.481 e. The number of likely N-dealkylation sites (N-methyl/N-ethyl adjacent to an activating group) is 1. The van der Waals surface area contributed by atoms with Crippen LogP contribution in [-0.4, -0.2) is 62.5 Å². The number of hydrogen-bond acceptors (Lipinski definition) is 5. The maximum absolute atomic E-state index is 12.0. The minimum atomic E-state index is -0.948. The zero-order valence-electron chi connectivity index (χ0n) is 11.3. The van der Waals surface area contributed by atoms with E-state index in [-0.39, 0.29) is 30.8 Å². The first kappa shape index (κ1) is 15.9. The van der Waals surface area contributed by atoms with Gasteiger partial charge in [-0.3, -0.25) is 9.59 Å². The average Bonchev–Trinajstić information content (AvgIpc) is 2.82. The number of methoxy groups -OCH3 is 1. The fourth-order valence-corrected chi connectivity index (χ4v) is 2.06. The smallest absolute Gasteiger partial charge is 0.306 e. The Morgan fingerprint density at radius 1 is 1.47 bits per heavy atom. The van der Waals surface area contributed by atoms with E-state index in [0.29, 0.717) is 13.2 Å². The first-order chi connectivity index (χ1) is 9.08. The highest BCUT2D eigenvalue weighted by molar-refractivity contribution is 5.80. The Balaban J connectivity index is 2.39. The predicted octanol–water partition coefficient (Wildman–Crippen LogP) is -0.783. The average molecular weight is 274 g/mol. The standard InChI is InChI=1S/C12H22N2O5/c1-3-13-10-7-19-6-9(10)12(17)14-5-8(18-2)4-11(15)16/h8-10,13H,3-7H2,1-2H3,(H,14,17)(H,15,16). The molecule has 1 aliphatic heterocycles. The number of hydrogen-bond donors (Lipinski definition) is 3. The van der Waals surface area contributed by atoms with Crippen LogP contribution in [0.3, 0.4) is 0 Å². The van der Waals surface area contributed by atoms with E-state index in [2.05, 4.69) is 10.6 Å². The number of amides is 1.